The van der Waals surface area contributed by atoms with E-state index in [2.05, 4.69) is 17.2 Å². The fourth-order valence-corrected chi connectivity index (χ4v) is 1.09. The van der Waals surface area contributed by atoms with Gasteiger partial charge in [0.2, 0.25) is 5.91 Å². The molecule has 1 aromatic rings. The molecule has 0 radical (unpaired) electrons. The summed E-state index contributed by atoms with van der Waals surface area (Å²) in [5.74, 6) is 0.304. The molecule has 1 rings (SSSR count). The number of furan rings is 1. The Morgan fingerprint density at radius 1 is 1.62 bits per heavy atom. The summed E-state index contributed by atoms with van der Waals surface area (Å²) in [6.07, 6.45) is 6.09. The molecule has 0 atom stereocenters. The van der Waals surface area contributed by atoms with Crippen LogP contribution in [0, 0.1) is 0 Å². The van der Waals surface area contributed by atoms with E-state index in [1.807, 2.05) is 0 Å². The van der Waals surface area contributed by atoms with Crippen LogP contribution in [0.3, 0.4) is 0 Å². The summed E-state index contributed by atoms with van der Waals surface area (Å²) < 4.78 is 5.03. The Kier molecular flexibility index (Phi) is 5.01. The molecule has 5 heteroatoms. The number of hydrogen-bond donors (Lipinski definition) is 2. The maximum Gasteiger partial charge on any atom is 0.250 e. The van der Waals surface area contributed by atoms with Crippen LogP contribution < -0.4 is 10.6 Å². The largest absolute Gasteiger partial charge is 0.465 e. The number of hydrogen-bond acceptors (Lipinski definition) is 3. The Labute approximate surface area is 99.0 Å². The van der Waals surface area contributed by atoms with E-state index in [-0.39, 0.29) is 11.0 Å². The zero-order valence-electron chi connectivity index (χ0n) is 8.60. The Morgan fingerprint density at radius 3 is 3.06 bits per heavy atom. The lowest BCUT2D eigenvalue weighted by Gasteiger charge is -2.04. The third-order valence-electron chi connectivity index (χ3n) is 1.59. The lowest BCUT2D eigenvalue weighted by Crippen LogP contribution is -2.38. The summed E-state index contributed by atoms with van der Waals surface area (Å²) in [4.78, 5) is 11.3. The fraction of sp³-hybridized carbons (Fsp3) is 0.0909. The standard InChI is InChI=1S/C11H12N2O2S/c1-2-7-12-11(16)13-10(14)6-5-9-4-3-8-15-9/h2-6,8H,1,7H2,(H2,12,13,14,16)/b6-5+. The molecule has 0 aliphatic heterocycles. The Hall–Kier alpha value is -1.88. The van der Waals surface area contributed by atoms with Gasteiger partial charge in [-0.3, -0.25) is 10.1 Å². The van der Waals surface area contributed by atoms with Crippen molar-refractivity contribution in [2.24, 2.45) is 0 Å². The minimum atomic E-state index is -0.307. The van der Waals surface area contributed by atoms with Crippen LogP contribution in [0.1, 0.15) is 5.76 Å². The molecule has 1 aromatic heterocycles. The van der Waals surface area contributed by atoms with Crippen molar-refractivity contribution in [2.75, 3.05) is 6.54 Å². The van der Waals surface area contributed by atoms with E-state index in [1.54, 1.807) is 24.3 Å². The summed E-state index contributed by atoms with van der Waals surface area (Å²) in [5.41, 5.74) is 0. The normalized spacial score (nSPS) is 10.0. The van der Waals surface area contributed by atoms with Gasteiger partial charge in [0.25, 0.3) is 0 Å². The molecule has 4 nitrogen and oxygen atoms in total. The number of thiocarbonyl (C=S) groups is 1. The van der Waals surface area contributed by atoms with Crippen molar-refractivity contribution in [1.82, 2.24) is 10.6 Å². The molecular weight excluding hydrogens is 224 g/mol. The number of nitrogens with one attached hydrogen (secondary N) is 2. The smallest absolute Gasteiger partial charge is 0.250 e. The van der Waals surface area contributed by atoms with E-state index in [4.69, 9.17) is 16.6 Å². The van der Waals surface area contributed by atoms with Crippen molar-refractivity contribution >= 4 is 29.3 Å². The zero-order valence-corrected chi connectivity index (χ0v) is 9.42. The molecule has 1 amide bonds. The molecule has 0 saturated heterocycles. The van der Waals surface area contributed by atoms with Crippen LogP contribution >= 0.6 is 12.2 Å². The third-order valence-corrected chi connectivity index (χ3v) is 1.83. The number of carbonyl (C=O) groups excluding carboxylic acids is 1. The molecule has 0 aromatic carbocycles. The van der Waals surface area contributed by atoms with Crippen molar-refractivity contribution < 1.29 is 9.21 Å². The predicted octanol–water partition coefficient (Wildman–Crippen LogP) is 1.47. The van der Waals surface area contributed by atoms with Crippen molar-refractivity contribution in [3.8, 4) is 0 Å². The van der Waals surface area contributed by atoms with Crippen LogP contribution in [-0.2, 0) is 4.79 Å². The van der Waals surface area contributed by atoms with E-state index in [0.29, 0.717) is 12.3 Å². The molecule has 0 saturated carbocycles. The molecule has 0 fully saturated rings. The molecule has 0 bridgehead atoms. The van der Waals surface area contributed by atoms with Gasteiger partial charge >= 0.3 is 0 Å². The highest BCUT2D eigenvalue weighted by atomic mass is 32.1. The van der Waals surface area contributed by atoms with Gasteiger partial charge in [0.1, 0.15) is 5.76 Å². The lowest BCUT2D eigenvalue weighted by molar-refractivity contribution is -0.115. The highest BCUT2D eigenvalue weighted by Crippen LogP contribution is 2.01. The third kappa shape index (κ3) is 4.56. The van der Waals surface area contributed by atoms with E-state index in [0.717, 1.165) is 0 Å². The Bertz CT molecular complexity index is 396. The first-order valence-electron chi connectivity index (χ1n) is 4.63. The molecule has 2 N–H and O–H groups in total. The van der Waals surface area contributed by atoms with Crippen LogP contribution in [-0.4, -0.2) is 17.6 Å². The van der Waals surface area contributed by atoms with Crippen LogP contribution in [0.5, 0.6) is 0 Å². The van der Waals surface area contributed by atoms with E-state index >= 15 is 0 Å². The fourth-order valence-electron chi connectivity index (χ4n) is 0.907. The first kappa shape index (κ1) is 12.2. The second-order valence-electron chi connectivity index (χ2n) is 2.84. The predicted molar refractivity (Wildman–Crippen MR) is 66.7 cm³/mol. The molecular formula is C11H12N2O2S. The molecule has 0 unspecified atom stereocenters. The van der Waals surface area contributed by atoms with E-state index < -0.39 is 0 Å². The number of rotatable bonds is 4. The lowest BCUT2D eigenvalue weighted by atomic mass is 10.4. The number of amides is 1. The molecule has 0 spiro atoms. The molecule has 0 aliphatic carbocycles. The average Bonchev–Trinajstić information content (AvgIpc) is 2.76. The maximum absolute atomic E-state index is 11.3. The SMILES string of the molecule is C=CCNC(=S)NC(=O)/C=C/c1ccco1. The van der Waals surface area contributed by atoms with Gasteiger partial charge in [-0.15, -0.1) is 6.58 Å². The quantitative estimate of drug-likeness (QED) is 0.472. The summed E-state index contributed by atoms with van der Waals surface area (Å²) >= 11 is 4.86. The minimum absolute atomic E-state index is 0.272. The van der Waals surface area contributed by atoms with Gasteiger partial charge in [-0.25, -0.2) is 0 Å². The highest BCUT2D eigenvalue weighted by molar-refractivity contribution is 7.80. The molecule has 0 aliphatic rings. The van der Waals surface area contributed by atoms with E-state index in [1.165, 1.54) is 12.3 Å². The highest BCUT2D eigenvalue weighted by Gasteiger charge is 1.99. The maximum atomic E-state index is 11.3. The van der Waals surface area contributed by atoms with E-state index in [9.17, 15) is 4.79 Å². The van der Waals surface area contributed by atoms with Gasteiger partial charge in [-0.05, 0) is 30.4 Å². The Balaban J connectivity index is 2.36. The van der Waals surface area contributed by atoms with Gasteiger partial charge in [0.05, 0.1) is 6.26 Å². The first-order chi connectivity index (χ1) is 7.72. The second-order valence-corrected chi connectivity index (χ2v) is 3.24. The topological polar surface area (TPSA) is 54.3 Å². The van der Waals surface area contributed by atoms with Gasteiger partial charge in [0.15, 0.2) is 5.11 Å². The first-order valence-corrected chi connectivity index (χ1v) is 5.04. The summed E-state index contributed by atoms with van der Waals surface area (Å²) in [5, 5.41) is 5.54. The minimum Gasteiger partial charge on any atom is -0.465 e. The van der Waals surface area contributed by atoms with Crippen molar-refractivity contribution in [3.05, 3.63) is 42.9 Å². The molecule has 1 heterocycles. The monoisotopic (exact) mass is 236 g/mol. The second kappa shape index (κ2) is 6.58. The average molecular weight is 236 g/mol. The zero-order chi connectivity index (χ0) is 11.8. The van der Waals surface area contributed by atoms with Crippen LogP contribution in [0.25, 0.3) is 6.08 Å². The summed E-state index contributed by atoms with van der Waals surface area (Å²) in [7, 11) is 0. The van der Waals surface area contributed by atoms with Crippen molar-refractivity contribution in [1.29, 1.82) is 0 Å². The van der Waals surface area contributed by atoms with Crippen molar-refractivity contribution in [2.45, 2.75) is 0 Å². The van der Waals surface area contributed by atoms with Gasteiger partial charge in [-0.2, -0.15) is 0 Å². The summed E-state index contributed by atoms with van der Waals surface area (Å²) in [6.45, 7) is 4.04. The molecule has 84 valence electrons. The van der Waals surface area contributed by atoms with Crippen LogP contribution in [0.4, 0.5) is 0 Å². The van der Waals surface area contributed by atoms with Crippen molar-refractivity contribution in [3.63, 3.8) is 0 Å². The van der Waals surface area contributed by atoms with Crippen LogP contribution in [0.2, 0.25) is 0 Å². The Morgan fingerprint density at radius 2 is 2.44 bits per heavy atom. The van der Waals surface area contributed by atoms with Gasteiger partial charge in [0, 0.05) is 12.6 Å². The van der Waals surface area contributed by atoms with Crippen LogP contribution in [0.15, 0.2) is 41.5 Å². The van der Waals surface area contributed by atoms with Gasteiger partial charge < -0.3 is 9.73 Å². The number of carbonyl (C=O) groups is 1. The van der Waals surface area contributed by atoms with Gasteiger partial charge in [-0.1, -0.05) is 6.08 Å². The summed E-state index contributed by atoms with van der Waals surface area (Å²) in [6, 6.07) is 3.49. The molecule has 16 heavy (non-hydrogen) atoms.